The van der Waals surface area contributed by atoms with Crippen molar-refractivity contribution in [1.82, 2.24) is 5.32 Å². The third-order valence-electron chi connectivity index (χ3n) is 3.50. The molecule has 1 aromatic rings. The first-order valence-electron chi connectivity index (χ1n) is 7.03. The zero-order valence-electron chi connectivity index (χ0n) is 11.1. The average Bonchev–Trinajstić information content (AvgIpc) is 2.91. The van der Waals surface area contributed by atoms with Gasteiger partial charge in [0, 0.05) is 23.2 Å². The van der Waals surface area contributed by atoms with Gasteiger partial charge in [0.25, 0.3) is 0 Å². The van der Waals surface area contributed by atoms with Gasteiger partial charge < -0.3 is 10.6 Å². The second kappa shape index (κ2) is 7.51. The number of hydrogen-bond donors (Lipinski definition) is 2. The van der Waals surface area contributed by atoms with E-state index in [0.717, 1.165) is 18.7 Å². The highest BCUT2D eigenvalue weighted by molar-refractivity contribution is 6.30. The number of carbonyl (C=O) groups excluding carboxylic acids is 1. The van der Waals surface area contributed by atoms with Gasteiger partial charge in [-0.3, -0.25) is 4.79 Å². The van der Waals surface area contributed by atoms with Crippen LogP contribution in [0.4, 0.5) is 5.69 Å². The molecule has 0 atom stereocenters. The molecule has 0 aliphatic heterocycles. The third kappa shape index (κ3) is 5.21. The van der Waals surface area contributed by atoms with Crippen LogP contribution < -0.4 is 10.6 Å². The lowest BCUT2D eigenvalue weighted by Crippen LogP contribution is -2.27. The molecule has 0 aromatic heterocycles. The van der Waals surface area contributed by atoms with E-state index in [-0.39, 0.29) is 5.91 Å². The summed E-state index contributed by atoms with van der Waals surface area (Å²) in [5.74, 6) is 0.0653. The van der Waals surface area contributed by atoms with Crippen LogP contribution in [-0.4, -0.2) is 18.5 Å². The molecule has 1 saturated carbocycles. The Hall–Kier alpha value is -1.06. The summed E-state index contributed by atoms with van der Waals surface area (Å²) in [5, 5.41) is 7.06. The fourth-order valence-electron chi connectivity index (χ4n) is 2.44. The summed E-state index contributed by atoms with van der Waals surface area (Å²) in [6.45, 7) is 0.929. The largest absolute Gasteiger partial charge is 0.326 e. The Labute approximate surface area is 119 Å². The molecule has 1 aliphatic carbocycles. The highest BCUT2D eigenvalue weighted by Crippen LogP contribution is 2.17. The number of carbonyl (C=O) groups is 1. The number of rotatable bonds is 6. The van der Waals surface area contributed by atoms with Gasteiger partial charge in [-0.05, 0) is 50.1 Å². The molecule has 1 fully saturated rings. The molecule has 2 N–H and O–H groups in total. The first-order valence-corrected chi connectivity index (χ1v) is 7.40. The van der Waals surface area contributed by atoms with E-state index in [0.29, 0.717) is 17.5 Å². The maximum Gasteiger partial charge on any atom is 0.224 e. The maximum atomic E-state index is 11.7. The standard InChI is InChI=1S/C15H21ClN2O/c16-12-7-9-14(10-8-12)18-15(19)6-3-11-17-13-4-1-2-5-13/h7-10,13,17H,1-6,11H2,(H,18,19). The van der Waals surface area contributed by atoms with Crippen molar-refractivity contribution in [3.8, 4) is 0 Å². The van der Waals surface area contributed by atoms with Gasteiger partial charge in [0.2, 0.25) is 5.91 Å². The Morgan fingerprint density at radius 2 is 1.89 bits per heavy atom. The molecular formula is C15H21ClN2O. The SMILES string of the molecule is O=C(CCCNC1CCCC1)Nc1ccc(Cl)cc1. The monoisotopic (exact) mass is 280 g/mol. The Kier molecular flexibility index (Phi) is 5.67. The molecule has 2 rings (SSSR count). The number of amides is 1. The summed E-state index contributed by atoms with van der Waals surface area (Å²) >= 11 is 5.79. The number of benzene rings is 1. The van der Waals surface area contributed by atoms with Crippen molar-refractivity contribution in [3.63, 3.8) is 0 Å². The molecule has 0 bridgehead atoms. The maximum absolute atomic E-state index is 11.7. The number of halogens is 1. The van der Waals surface area contributed by atoms with Crippen LogP contribution in [0, 0.1) is 0 Å². The molecule has 0 saturated heterocycles. The van der Waals surface area contributed by atoms with E-state index in [1.165, 1.54) is 25.7 Å². The summed E-state index contributed by atoms with van der Waals surface area (Å²) in [5.41, 5.74) is 0.804. The summed E-state index contributed by atoms with van der Waals surface area (Å²) in [6.07, 6.45) is 6.70. The Morgan fingerprint density at radius 3 is 2.58 bits per heavy atom. The van der Waals surface area contributed by atoms with Crippen LogP contribution in [0.3, 0.4) is 0 Å². The second-order valence-corrected chi connectivity index (χ2v) is 5.53. The van der Waals surface area contributed by atoms with Crippen LogP contribution in [0.2, 0.25) is 5.02 Å². The van der Waals surface area contributed by atoms with Gasteiger partial charge in [-0.25, -0.2) is 0 Å². The van der Waals surface area contributed by atoms with E-state index >= 15 is 0 Å². The molecule has 104 valence electrons. The van der Waals surface area contributed by atoms with Gasteiger partial charge in [0.1, 0.15) is 0 Å². The topological polar surface area (TPSA) is 41.1 Å². The first-order chi connectivity index (χ1) is 9.24. The second-order valence-electron chi connectivity index (χ2n) is 5.09. The Bertz CT molecular complexity index is 399. The Morgan fingerprint density at radius 1 is 1.21 bits per heavy atom. The van der Waals surface area contributed by atoms with E-state index in [1.54, 1.807) is 12.1 Å². The molecule has 3 nitrogen and oxygen atoms in total. The van der Waals surface area contributed by atoms with Crippen LogP contribution in [0.1, 0.15) is 38.5 Å². The van der Waals surface area contributed by atoms with Crippen LogP contribution in [0.5, 0.6) is 0 Å². The van der Waals surface area contributed by atoms with E-state index in [1.807, 2.05) is 12.1 Å². The van der Waals surface area contributed by atoms with Gasteiger partial charge in [-0.2, -0.15) is 0 Å². The van der Waals surface area contributed by atoms with Crippen molar-refractivity contribution < 1.29 is 4.79 Å². The first kappa shape index (κ1) is 14.4. The third-order valence-corrected chi connectivity index (χ3v) is 3.75. The molecule has 1 aliphatic rings. The molecule has 1 aromatic carbocycles. The lowest BCUT2D eigenvalue weighted by molar-refractivity contribution is -0.116. The molecule has 1 amide bonds. The zero-order valence-corrected chi connectivity index (χ0v) is 11.9. The highest BCUT2D eigenvalue weighted by Gasteiger charge is 2.13. The summed E-state index contributed by atoms with van der Waals surface area (Å²) in [6, 6.07) is 7.87. The predicted molar refractivity (Wildman–Crippen MR) is 79.6 cm³/mol. The van der Waals surface area contributed by atoms with Crippen molar-refractivity contribution in [2.45, 2.75) is 44.6 Å². The zero-order chi connectivity index (χ0) is 13.5. The summed E-state index contributed by atoms with van der Waals surface area (Å²) in [4.78, 5) is 11.7. The fourth-order valence-corrected chi connectivity index (χ4v) is 2.57. The smallest absolute Gasteiger partial charge is 0.224 e. The summed E-state index contributed by atoms with van der Waals surface area (Å²) < 4.78 is 0. The van der Waals surface area contributed by atoms with Crippen molar-refractivity contribution >= 4 is 23.2 Å². The van der Waals surface area contributed by atoms with E-state index < -0.39 is 0 Å². The normalized spacial score (nSPS) is 15.6. The lowest BCUT2D eigenvalue weighted by Gasteiger charge is -2.11. The minimum atomic E-state index is 0.0653. The van der Waals surface area contributed by atoms with Crippen LogP contribution in [0.25, 0.3) is 0 Å². The number of hydrogen-bond acceptors (Lipinski definition) is 2. The van der Waals surface area contributed by atoms with Crippen molar-refractivity contribution in [2.24, 2.45) is 0 Å². The number of anilines is 1. The Balaban J connectivity index is 1.60. The van der Waals surface area contributed by atoms with Gasteiger partial charge in [0.05, 0.1) is 0 Å². The van der Waals surface area contributed by atoms with Crippen molar-refractivity contribution in [1.29, 1.82) is 0 Å². The van der Waals surface area contributed by atoms with Crippen LogP contribution >= 0.6 is 11.6 Å². The minimum absolute atomic E-state index is 0.0653. The van der Waals surface area contributed by atoms with Gasteiger partial charge in [-0.1, -0.05) is 24.4 Å². The molecule has 4 heteroatoms. The van der Waals surface area contributed by atoms with E-state index in [2.05, 4.69) is 10.6 Å². The lowest BCUT2D eigenvalue weighted by atomic mass is 10.2. The van der Waals surface area contributed by atoms with Crippen molar-refractivity contribution in [3.05, 3.63) is 29.3 Å². The highest BCUT2D eigenvalue weighted by atomic mass is 35.5. The van der Waals surface area contributed by atoms with Crippen LogP contribution in [-0.2, 0) is 4.79 Å². The molecular weight excluding hydrogens is 260 g/mol. The number of nitrogens with one attached hydrogen (secondary N) is 2. The van der Waals surface area contributed by atoms with Gasteiger partial charge >= 0.3 is 0 Å². The fraction of sp³-hybridized carbons (Fsp3) is 0.533. The molecule has 0 spiro atoms. The van der Waals surface area contributed by atoms with Crippen LogP contribution in [0.15, 0.2) is 24.3 Å². The van der Waals surface area contributed by atoms with Gasteiger partial charge in [0.15, 0.2) is 0 Å². The quantitative estimate of drug-likeness (QED) is 0.782. The van der Waals surface area contributed by atoms with Gasteiger partial charge in [-0.15, -0.1) is 0 Å². The van der Waals surface area contributed by atoms with Crippen molar-refractivity contribution in [2.75, 3.05) is 11.9 Å². The predicted octanol–water partition coefficient (Wildman–Crippen LogP) is 3.59. The summed E-state index contributed by atoms with van der Waals surface area (Å²) in [7, 11) is 0. The molecule has 0 radical (unpaired) electrons. The molecule has 0 heterocycles. The minimum Gasteiger partial charge on any atom is -0.326 e. The average molecular weight is 281 g/mol. The molecule has 19 heavy (non-hydrogen) atoms. The van der Waals surface area contributed by atoms with E-state index in [4.69, 9.17) is 11.6 Å². The molecule has 0 unspecified atom stereocenters. The van der Waals surface area contributed by atoms with E-state index in [9.17, 15) is 4.79 Å².